The third-order valence-electron chi connectivity index (χ3n) is 5.62. The first-order valence-electron chi connectivity index (χ1n) is 9.47. The maximum atomic E-state index is 14.3. The highest BCUT2D eigenvalue weighted by Gasteiger charge is 2.58. The molecule has 11 heteroatoms. The summed E-state index contributed by atoms with van der Waals surface area (Å²) < 4.78 is 66.9. The van der Waals surface area contributed by atoms with Crippen LogP contribution in [0.5, 0.6) is 0 Å². The van der Waals surface area contributed by atoms with Crippen LogP contribution in [0, 0.1) is 11.6 Å². The maximum absolute atomic E-state index is 14.3. The zero-order chi connectivity index (χ0) is 22.4. The number of nitrogens with one attached hydrogen (secondary N) is 1. The van der Waals surface area contributed by atoms with Gasteiger partial charge in [0.15, 0.2) is 0 Å². The van der Waals surface area contributed by atoms with E-state index in [-0.39, 0.29) is 24.9 Å². The number of carbonyl (C=O) groups excluding carboxylic acids is 2. The molecule has 2 saturated heterocycles. The van der Waals surface area contributed by atoms with E-state index in [1.54, 1.807) is 0 Å². The Morgan fingerprint density at radius 2 is 1.77 bits per heavy atom. The molecule has 164 valence electrons. The lowest BCUT2D eigenvalue weighted by Crippen LogP contribution is -2.55. The summed E-state index contributed by atoms with van der Waals surface area (Å²) >= 11 is 0. The van der Waals surface area contributed by atoms with Crippen LogP contribution in [0.25, 0.3) is 0 Å². The average molecular weight is 440 g/mol. The van der Waals surface area contributed by atoms with Crippen LogP contribution in [0.2, 0.25) is 0 Å². The van der Waals surface area contributed by atoms with E-state index in [1.807, 2.05) is 0 Å². The predicted octanol–water partition coefficient (Wildman–Crippen LogP) is 3.47. The number of aromatic nitrogens is 1. The lowest BCUT2D eigenvalue weighted by atomic mass is 9.86. The molecule has 1 N–H and O–H groups in total. The Bertz CT molecular complexity index is 1040. The monoisotopic (exact) mass is 440 g/mol. The van der Waals surface area contributed by atoms with Crippen molar-refractivity contribution in [1.82, 2.24) is 15.2 Å². The van der Waals surface area contributed by atoms with Gasteiger partial charge in [-0.3, -0.25) is 4.79 Å². The number of amides is 3. The molecule has 2 aromatic rings. The average Bonchev–Trinajstić information content (AvgIpc) is 2.91. The van der Waals surface area contributed by atoms with Gasteiger partial charge < -0.3 is 10.2 Å². The number of pyridine rings is 1. The molecule has 0 bridgehead atoms. The van der Waals surface area contributed by atoms with E-state index in [0.29, 0.717) is 30.1 Å². The third-order valence-corrected chi connectivity index (χ3v) is 5.62. The molecule has 3 amide bonds. The number of halogens is 5. The van der Waals surface area contributed by atoms with Crippen LogP contribution in [0.4, 0.5) is 32.6 Å². The molecule has 3 heterocycles. The minimum atomic E-state index is -4.69. The minimum absolute atomic E-state index is 0.0145. The summed E-state index contributed by atoms with van der Waals surface area (Å²) in [4.78, 5) is 32.1. The summed E-state index contributed by atoms with van der Waals surface area (Å²) in [6.45, 7) is 0.419. The van der Waals surface area contributed by atoms with Crippen molar-refractivity contribution in [1.29, 1.82) is 0 Å². The molecule has 2 aliphatic rings. The van der Waals surface area contributed by atoms with E-state index in [9.17, 15) is 31.5 Å². The second-order valence-electron chi connectivity index (χ2n) is 7.43. The highest BCUT2D eigenvalue weighted by atomic mass is 19.4. The predicted molar refractivity (Wildman–Crippen MR) is 98.9 cm³/mol. The van der Waals surface area contributed by atoms with Gasteiger partial charge in [0.05, 0.1) is 12.1 Å². The van der Waals surface area contributed by atoms with Crippen molar-refractivity contribution < 1.29 is 31.5 Å². The standard InChI is InChI=1S/C20H17F5N4O2/c21-14-2-1-12(15(22)10-14)11-28-18(31)29(17(30)19(28)4-7-26-8-5-19)16-9-13(3-6-27-16)20(23,24)25/h1-3,6,9-10,26H,4-5,7-8,11H2. The minimum Gasteiger partial charge on any atom is -0.317 e. The van der Waals surface area contributed by atoms with E-state index in [2.05, 4.69) is 10.3 Å². The van der Waals surface area contributed by atoms with E-state index in [1.165, 1.54) is 6.07 Å². The highest BCUT2D eigenvalue weighted by molar-refractivity contribution is 6.22. The molecule has 1 aromatic carbocycles. The summed E-state index contributed by atoms with van der Waals surface area (Å²) in [5.41, 5.74) is -2.43. The number of hydrogen-bond donors (Lipinski definition) is 1. The van der Waals surface area contributed by atoms with Gasteiger partial charge in [-0.1, -0.05) is 6.07 Å². The summed E-state index contributed by atoms with van der Waals surface area (Å²) in [6.07, 6.45) is -3.44. The first-order chi connectivity index (χ1) is 14.6. The zero-order valence-electron chi connectivity index (χ0n) is 16.0. The number of anilines is 1. The first kappa shape index (κ1) is 21.2. The number of rotatable bonds is 3. The molecule has 1 spiro atoms. The molecule has 2 aliphatic heterocycles. The van der Waals surface area contributed by atoms with Crippen molar-refractivity contribution in [2.75, 3.05) is 18.0 Å². The molecule has 6 nitrogen and oxygen atoms in total. The molecule has 0 saturated carbocycles. The van der Waals surface area contributed by atoms with Crippen LogP contribution in [0.1, 0.15) is 24.0 Å². The van der Waals surface area contributed by atoms with Crippen molar-refractivity contribution in [3.63, 3.8) is 0 Å². The summed E-state index contributed by atoms with van der Waals surface area (Å²) in [5.74, 6) is -2.85. The van der Waals surface area contributed by atoms with Gasteiger partial charge in [-0.25, -0.2) is 23.5 Å². The molecule has 0 unspecified atom stereocenters. The van der Waals surface area contributed by atoms with Gasteiger partial charge in [0.2, 0.25) is 0 Å². The molecule has 0 atom stereocenters. The fourth-order valence-electron chi connectivity index (χ4n) is 4.00. The molecule has 4 rings (SSSR count). The molecular formula is C20H17F5N4O2. The van der Waals surface area contributed by atoms with Crippen LogP contribution in [0.15, 0.2) is 36.5 Å². The lowest BCUT2D eigenvalue weighted by molar-refractivity contribution is -0.137. The maximum Gasteiger partial charge on any atom is 0.416 e. The Kier molecular flexibility index (Phi) is 5.16. The molecule has 1 aromatic heterocycles. The van der Waals surface area contributed by atoms with Crippen molar-refractivity contribution in [3.8, 4) is 0 Å². The van der Waals surface area contributed by atoms with E-state index < -0.39 is 46.7 Å². The van der Waals surface area contributed by atoms with Gasteiger partial charge in [0, 0.05) is 17.8 Å². The Balaban J connectivity index is 1.76. The van der Waals surface area contributed by atoms with Crippen LogP contribution >= 0.6 is 0 Å². The number of carbonyl (C=O) groups is 2. The Labute approximate surface area is 173 Å². The van der Waals surface area contributed by atoms with Crippen LogP contribution < -0.4 is 10.2 Å². The quantitative estimate of drug-likeness (QED) is 0.587. The number of alkyl halides is 3. The van der Waals surface area contributed by atoms with Crippen molar-refractivity contribution in [3.05, 3.63) is 59.3 Å². The van der Waals surface area contributed by atoms with Gasteiger partial charge in [0.1, 0.15) is 23.0 Å². The van der Waals surface area contributed by atoms with Crippen LogP contribution in [-0.2, 0) is 17.5 Å². The molecular weight excluding hydrogens is 423 g/mol. The molecule has 0 radical (unpaired) electrons. The van der Waals surface area contributed by atoms with Gasteiger partial charge in [-0.2, -0.15) is 13.2 Å². The Morgan fingerprint density at radius 3 is 2.42 bits per heavy atom. The fourth-order valence-corrected chi connectivity index (χ4v) is 4.00. The van der Waals surface area contributed by atoms with E-state index in [0.717, 1.165) is 23.2 Å². The van der Waals surface area contributed by atoms with Gasteiger partial charge in [0.25, 0.3) is 5.91 Å². The zero-order valence-corrected chi connectivity index (χ0v) is 16.0. The summed E-state index contributed by atoms with van der Waals surface area (Å²) in [5, 5.41) is 3.06. The normalized spacial score (nSPS) is 18.9. The molecule has 31 heavy (non-hydrogen) atoms. The van der Waals surface area contributed by atoms with E-state index >= 15 is 0 Å². The third kappa shape index (κ3) is 3.62. The second kappa shape index (κ2) is 7.56. The SMILES string of the molecule is O=C1N(c2cc(C(F)(F)F)ccn2)C(=O)C2(CCNCC2)N1Cc1ccc(F)cc1F. The molecule has 2 fully saturated rings. The van der Waals surface area contributed by atoms with Gasteiger partial charge in [-0.15, -0.1) is 0 Å². The number of piperidine rings is 1. The lowest BCUT2D eigenvalue weighted by Gasteiger charge is -2.38. The number of imide groups is 1. The van der Waals surface area contributed by atoms with Crippen LogP contribution in [0.3, 0.4) is 0 Å². The second-order valence-corrected chi connectivity index (χ2v) is 7.43. The first-order valence-corrected chi connectivity index (χ1v) is 9.47. The van der Waals surface area contributed by atoms with Gasteiger partial charge >= 0.3 is 12.2 Å². The number of urea groups is 1. The van der Waals surface area contributed by atoms with Crippen molar-refractivity contribution in [2.45, 2.75) is 31.1 Å². The molecule has 0 aliphatic carbocycles. The summed E-state index contributed by atoms with van der Waals surface area (Å²) in [6, 6.07) is 3.33. The Hall–Kier alpha value is -3.08. The summed E-state index contributed by atoms with van der Waals surface area (Å²) in [7, 11) is 0. The largest absolute Gasteiger partial charge is 0.416 e. The fraction of sp³-hybridized carbons (Fsp3) is 0.350. The van der Waals surface area contributed by atoms with Crippen molar-refractivity contribution in [2.24, 2.45) is 0 Å². The Morgan fingerprint density at radius 1 is 1.06 bits per heavy atom. The number of benzene rings is 1. The van der Waals surface area contributed by atoms with Crippen molar-refractivity contribution >= 4 is 17.8 Å². The topological polar surface area (TPSA) is 65.5 Å². The van der Waals surface area contributed by atoms with Crippen LogP contribution in [-0.4, -0.2) is 40.5 Å². The smallest absolute Gasteiger partial charge is 0.317 e. The van der Waals surface area contributed by atoms with Gasteiger partial charge in [-0.05, 0) is 44.1 Å². The number of nitrogens with zero attached hydrogens (tertiary/aromatic N) is 3. The van der Waals surface area contributed by atoms with E-state index in [4.69, 9.17) is 0 Å². The highest BCUT2D eigenvalue weighted by Crippen LogP contribution is 2.40. The number of hydrogen-bond acceptors (Lipinski definition) is 4.